The van der Waals surface area contributed by atoms with Crippen molar-refractivity contribution in [1.29, 1.82) is 0 Å². The van der Waals surface area contributed by atoms with Crippen molar-refractivity contribution in [2.45, 2.75) is 45.9 Å². The average Bonchev–Trinajstić information content (AvgIpc) is 2.75. The molecular weight excluding hydrogens is 298 g/mol. The molecule has 0 aromatic carbocycles. The third-order valence-electron chi connectivity index (χ3n) is 2.82. The summed E-state index contributed by atoms with van der Waals surface area (Å²) < 4.78 is 30.5. The minimum atomic E-state index is -2.57. The summed E-state index contributed by atoms with van der Waals surface area (Å²) in [6, 6.07) is 0. The van der Waals surface area contributed by atoms with Gasteiger partial charge in [-0.05, 0) is 20.8 Å². The van der Waals surface area contributed by atoms with E-state index in [0.717, 1.165) is 11.4 Å². The molecule has 8 nitrogen and oxygen atoms in total. The molecule has 0 aliphatic carbocycles. The Hall–Kier alpha value is -1.45. The quantitative estimate of drug-likeness (QED) is 0.834. The Kier molecular flexibility index (Phi) is 4.64. The maximum Gasteiger partial charge on any atom is 0.410 e. The lowest BCUT2D eigenvalue weighted by atomic mass is 10.1. The topological polar surface area (TPSA) is 108 Å². The molecule has 1 unspecified atom stereocenters. The Labute approximate surface area is 125 Å². The molecule has 118 valence electrons. The molecule has 1 aliphatic heterocycles. The van der Waals surface area contributed by atoms with Gasteiger partial charge < -0.3 is 19.2 Å². The number of nitrogens with zero attached hydrogens (tertiary/aromatic N) is 2. The molecule has 21 heavy (non-hydrogen) atoms. The molecule has 2 rings (SSSR count). The molecule has 0 saturated carbocycles. The first-order chi connectivity index (χ1) is 9.74. The van der Waals surface area contributed by atoms with Crippen molar-refractivity contribution in [3.8, 4) is 0 Å². The van der Waals surface area contributed by atoms with Crippen LogP contribution in [0.5, 0.6) is 0 Å². The van der Waals surface area contributed by atoms with Crippen molar-refractivity contribution in [3.05, 3.63) is 17.2 Å². The van der Waals surface area contributed by atoms with Crippen LogP contribution >= 0.6 is 0 Å². The number of imidazole rings is 1. The summed E-state index contributed by atoms with van der Waals surface area (Å²) in [7, 11) is 0. The standard InChI is InChI=1S/C12H19N3O5S/c1-12(2,3)20-11(16)15-5-4-8-9(6-15)14-10(13-8)7-19-21(17)18/h4-7H2,1-3H3,(H,13,14)(H,17,18)/p-1. The van der Waals surface area contributed by atoms with Gasteiger partial charge in [0, 0.05) is 13.0 Å². The normalized spacial score (nSPS) is 16.5. The van der Waals surface area contributed by atoms with E-state index >= 15 is 0 Å². The maximum absolute atomic E-state index is 12.0. The van der Waals surface area contributed by atoms with E-state index in [4.69, 9.17) is 4.74 Å². The second kappa shape index (κ2) is 6.12. The second-order valence-corrected chi connectivity index (χ2v) is 6.37. The number of ether oxygens (including phenoxy) is 1. The van der Waals surface area contributed by atoms with Crippen molar-refractivity contribution in [2.75, 3.05) is 6.54 Å². The van der Waals surface area contributed by atoms with Gasteiger partial charge in [-0.3, -0.25) is 4.18 Å². The van der Waals surface area contributed by atoms with Crippen molar-refractivity contribution in [3.63, 3.8) is 0 Å². The summed E-state index contributed by atoms with van der Waals surface area (Å²) in [6.07, 6.45) is 0.215. The number of rotatable bonds is 3. The van der Waals surface area contributed by atoms with Gasteiger partial charge in [-0.15, -0.1) is 0 Å². The number of aromatic nitrogens is 2. The zero-order chi connectivity index (χ0) is 15.6. The monoisotopic (exact) mass is 316 g/mol. The van der Waals surface area contributed by atoms with Gasteiger partial charge in [-0.2, -0.15) is 0 Å². The van der Waals surface area contributed by atoms with Crippen LogP contribution in [0.1, 0.15) is 38.0 Å². The highest BCUT2D eigenvalue weighted by Crippen LogP contribution is 2.19. The first-order valence-electron chi connectivity index (χ1n) is 6.51. The molecule has 0 saturated heterocycles. The summed E-state index contributed by atoms with van der Waals surface area (Å²) in [5.74, 6) is 0.426. The van der Waals surface area contributed by atoms with Crippen molar-refractivity contribution < 1.29 is 22.5 Å². The minimum Gasteiger partial charge on any atom is -0.750 e. The fourth-order valence-corrected chi connectivity index (χ4v) is 2.22. The Morgan fingerprint density at radius 3 is 2.86 bits per heavy atom. The molecule has 0 fully saturated rings. The summed E-state index contributed by atoms with van der Waals surface area (Å²) in [6.45, 7) is 6.17. The molecule has 0 radical (unpaired) electrons. The number of amides is 1. The molecule has 9 heteroatoms. The largest absolute Gasteiger partial charge is 0.750 e. The lowest BCUT2D eigenvalue weighted by Crippen LogP contribution is -2.39. The van der Waals surface area contributed by atoms with E-state index in [1.807, 2.05) is 20.8 Å². The summed E-state index contributed by atoms with van der Waals surface area (Å²) in [4.78, 5) is 20.8. The predicted molar refractivity (Wildman–Crippen MR) is 72.6 cm³/mol. The first-order valence-corrected chi connectivity index (χ1v) is 7.51. The van der Waals surface area contributed by atoms with E-state index in [2.05, 4.69) is 14.2 Å². The molecule has 1 aliphatic rings. The molecular formula is C12H18N3O5S-. The van der Waals surface area contributed by atoms with Crippen LogP contribution in [0, 0.1) is 0 Å². The molecule has 1 atom stereocenters. The molecule has 1 N–H and O–H groups in total. The van der Waals surface area contributed by atoms with E-state index < -0.39 is 17.0 Å². The van der Waals surface area contributed by atoms with Crippen molar-refractivity contribution in [1.82, 2.24) is 14.9 Å². The van der Waals surface area contributed by atoms with E-state index in [0.29, 0.717) is 25.3 Å². The van der Waals surface area contributed by atoms with Gasteiger partial charge in [0.2, 0.25) is 0 Å². The third kappa shape index (κ3) is 4.51. The highest BCUT2D eigenvalue weighted by atomic mass is 32.2. The van der Waals surface area contributed by atoms with Gasteiger partial charge in [0.05, 0.1) is 29.3 Å². The third-order valence-corrected chi connectivity index (χ3v) is 3.13. The summed E-state index contributed by atoms with van der Waals surface area (Å²) in [5.41, 5.74) is 1.06. The van der Waals surface area contributed by atoms with E-state index in [-0.39, 0.29) is 12.7 Å². The molecule has 1 aromatic heterocycles. The maximum atomic E-state index is 12.0. The number of H-pyrrole nitrogens is 1. The summed E-state index contributed by atoms with van der Waals surface area (Å²) >= 11 is -2.57. The molecule has 0 spiro atoms. The van der Waals surface area contributed by atoms with Crippen molar-refractivity contribution >= 4 is 17.5 Å². The lowest BCUT2D eigenvalue weighted by Gasteiger charge is -2.29. The molecule has 1 aromatic rings. The van der Waals surface area contributed by atoms with Crippen LogP contribution in [0.4, 0.5) is 4.79 Å². The number of carbonyl (C=O) groups excluding carboxylic acids is 1. The second-order valence-electron chi connectivity index (χ2n) is 5.73. The van der Waals surface area contributed by atoms with Crippen LogP contribution in [0.25, 0.3) is 0 Å². The van der Waals surface area contributed by atoms with Crippen LogP contribution in [0.2, 0.25) is 0 Å². The summed E-state index contributed by atoms with van der Waals surface area (Å²) in [5, 5.41) is 0. The molecule has 2 heterocycles. The van der Waals surface area contributed by atoms with Gasteiger partial charge in [0.1, 0.15) is 18.0 Å². The minimum absolute atomic E-state index is 0.143. The van der Waals surface area contributed by atoms with Gasteiger partial charge in [-0.1, -0.05) is 0 Å². The van der Waals surface area contributed by atoms with E-state index in [1.54, 1.807) is 4.90 Å². The number of nitrogens with one attached hydrogen (secondary N) is 1. The average molecular weight is 316 g/mol. The van der Waals surface area contributed by atoms with Crippen LogP contribution in [0.15, 0.2) is 0 Å². The van der Waals surface area contributed by atoms with Gasteiger partial charge >= 0.3 is 6.09 Å². The lowest BCUT2D eigenvalue weighted by molar-refractivity contribution is 0.0221. The van der Waals surface area contributed by atoms with Gasteiger partial charge in [0.25, 0.3) is 0 Å². The van der Waals surface area contributed by atoms with Crippen LogP contribution in [-0.4, -0.2) is 41.9 Å². The van der Waals surface area contributed by atoms with Crippen molar-refractivity contribution in [2.24, 2.45) is 0 Å². The number of carbonyl (C=O) groups is 1. The fourth-order valence-electron chi connectivity index (χ4n) is 2.01. The number of hydrogen-bond donors (Lipinski definition) is 1. The molecule has 1 amide bonds. The zero-order valence-electron chi connectivity index (χ0n) is 12.2. The van der Waals surface area contributed by atoms with E-state index in [1.165, 1.54) is 0 Å². The number of fused-ring (bicyclic) bond motifs is 1. The first kappa shape index (κ1) is 15.9. The van der Waals surface area contributed by atoms with Gasteiger partial charge in [0.15, 0.2) is 0 Å². The number of hydrogen-bond acceptors (Lipinski definition) is 6. The van der Waals surface area contributed by atoms with Gasteiger partial charge in [-0.25, -0.2) is 14.0 Å². The Morgan fingerprint density at radius 2 is 2.24 bits per heavy atom. The van der Waals surface area contributed by atoms with Crippen LogP contribution < -0.4 is 0 Å². The van der Waals surface area contributed by atoms with Crippen LogP contribution in [0.3, 0.4) is 0 Å². The van der Waals surface area contributed by atoms with E-state index in [9.17, 15) is 13.6 Å². The highest BCUT2D eigenvalue weighted by molar-refractivity contribution is 7.74. The SMILES string of the molecule is CC(C)(C)OC(=O)N1CCc2nc(COS(=O)[O-])[nH]c2C1. The highest BCUT2D eigenvalue weighted by Gasteiger charge is 2.27. The zero-order valence-corrected chi connectivity index (χ0v) is 13.0. The smallest absolute Gasteiger partial charge is 0.410 e. The molecule has 0 bridgehead atoms. The Bertz CT molecular complexity index is 552. The fraction of sp³-hybridized carbons (Fsp3) is 0.667. The predicted octanol–water partition coefficient (Wildman–Crippen LogP) is 1.01. The van der Waals surface area contributed by atoms with Crippen LogP contribution in [-0.2, 0) is 39.9 Å². The Morgan fingerprint density at radius 1 is 1.52 bits per heavy atom. The Balaban J connectivity index is 2.00. The number of aromatic amines is 1.